The quantitative estimate of drug-likeness (QED) is 0.495. The third-order valence-electron chi connectivity index (χ3n) is 2.67. The number of azo groups is 1. The van der Waals surface area contributed by atoms with Crippen LogP contribution < -0.4 is 0 Å². The van der Waals surface area contributed by atoms with E-state index in [1.165, 1.54) is 0 Å². The van der Waals surface area contributed by atoms with Crippen LogP contribution in [0.3, 0.4) is 0 Å². The first-order valence-electron chi connectivity index (χ1n) is 5.70. The summed E-state index contributed by atoms with van der Waals surface area (Å²) in [7, 11) is 0. The molecule has 4 nitrogen and oxygen atoms in total. The highest BCUT2D eigenvalue weighted by atomic mass is 79.9. The summed E-state index contributed by atoms with van der Waals surface area (Å²) >= 11 is 3.35. The highest BCUT2D eigenvalue weighted by Gasteiger charge is 2.27. The summed E-state index contributed by atoms with van der Waals surface area (Å²) in [5, 5.41) is 17.3. The van der Waals surface area contributed by atoms with Crippen molar-refractivity contribution in [1.29, 1.82) is 0 Å². The molecule has 0 bridgehead atoms. The molecular weight excluding hydrogens is 308 g/mol. The monoisotopic (exact) mass is 320 g/mol. The predicted molar refractivity (Wildman–Crippen MR) is 76.2 cm³/mol. The molecule has 0 saturated heterocycles. The second-order valence-corrected chi connectivity index (χ2v) is 5.03. The van der Waals surface area contributed by atoms with Gasteiger partial charge in [0.2, 0.25) is 5.72 Å². The summed E-state index contributed by atoms with van der Waals surface area (Å²) < 4.78 is 0.968. The number of hydrogen-bond donors (Lipinski definition) is 1. The Bertz CT molecular complexity index is 557. The van der Waals surface area contributed by atoms with Crippen LogP contribution in [-0.4, -0.2) is 5.26 Å². The first-order valence-corrected chi connectivity index (χ1v) is 6.50. The van der Waals surface area contributed by atoms with Crippen molar-refractivity contribution in [3.63, 3.8) is 0 Å². The van der Waals surface area contributed by atoms with Crippen LogP contribution in [0.15, 0.2) is 69.3 Å². The Morgan fingerprint density at radius 2 is 1.68 bits per heavy atom. The largest absolute Gasteiger partial charge is 0.249 e. The van der Waals surface area contributed by atoms with Gasteiger partial charge in [0.1, 0.15) is 0 Å². The van der Waals surface area contributed by atoms with Gasteiger partial charge in [0, 0.05) is 10.0 Å². The van der Waals surface area contributed by atoms with E-state index in [1.807, 2.05) is 54.6 Å². The molecule has 0 aromatic heterocycles. The highest BCUT2D eigenvalue weighted by molar-refractivity contribution is 9.10. The lowest BCUT2D eigenvalue weighted by Crippen LogP contribution is -2.21. The van der Waals surface area contributed by atoms with Crippen molar-refractivity contribution in [2.75, 3.05) is 0 Å². The predicted octanol–water partition coefficient (Wildman–Crippen LogP) is 4.90. The lowest BCUT2D eigenvalue weighted by molar-refractivity contribution is -0.323. The second kappa shape index (κ2) is 6.06. The minimum atomic E-state index is -1.21. The van der Waals surface area contributed by atoms with Gasteiger partial charge in [-0.15, -0.1) is 5.11 Å². The Morgan fingerprint density at radius 3 is 2.26 bits per heavy atom. The van der Waals surface area contributed by atoms with E-state index in [4.69, 9.17) is 5.26 Å². The zero-order valence-corrected chi connectivity index (χ0v) is 11.9. The third-order valence-corrected chi connectivity index (χ3v) is 3.20. The Labute approximate surface area is 119 Å². The van der Waals surface area contributed by atoms with Gasteiger partial charge in [-0.2, -0.15) is 5.11 Å². The Kier molecular flexibility index (Phi) is 4.42. The molecule has 0 fully saturated rings. The van der Waals surface area contributed by atoms with Gasteiger partial charge in [0.25, 0.3) is 0 Å². The van der Waals surface area contributed by atoms with Crippen molar-refractivity contribution in [3.8, 4) is 0 Å². The molecule has 0 saturated carbocycles. The fourth-order valence-corrected chi connectivity index (χ4v) is 1.80. The number of nitrogens with zero attached hydrogens (tertiary/aromatic N) is 2. The van der Waals surface area contributed by atoms with Crippen LogP contribution in [0.5, 0.6) is 0 Å². The molecule has 98 valence electrons. The van der Waals surface area contributed by atoms with Crippen molar-refractivity contribution in [2.24, 2.45) is 10.2 Å². The zero-order chi connectivity index (χ0) is 13.7. The van der Waals surface area contributed by atoms with Gasteiger partial charge in [-0.05, 0) is 31.2 Å². The van der Waals surface area contributed by atoms with Crippen molar-refractivity contribution in [1.82, 2.24) is 0 Å². The summed E-state index contributed by atoms with van der Waals surface area (Å²) in [6, 6.07) is 16.6. The minimum Gasteiger partial charge on any atom is -0.249 e. The summed E-state index contributed by atoms with van der Waals surface area (Å²) in [6.07, 6.45) is 0. The van der Waals surface area contributed by atoms with Crippen LogP contribution in [0.25, 0.3) is 0 Å². The van der Waals surface area contributed by atoms with E-state index in [9.17, 15) is 0 Å². The average molecular weight is 321 g/mol. The van der Waals surface area contributed by atoms with Gasteiger partial charge in [0.15, 0.2) is 0 Å². The maximum absolute atomic E-state index is 9.10. The van der Waals surface area contributed by atoms with E-state index in [1.54, 1.807) is 6.92 Å². The van der Waals surface area contributed by atoms with Crippen molar-refractivity contribution < 1.29 is 10.1 Å². The van der Waals surface area contributed by atoms with Crippen molar-refractivity contribution in [3.05, 3.63) is 64.6 Å². The molecule has 0 heterocycles. The fourth-order valence-electron chi connectivity index (χ4n) is 1.54. The number of halogens is 1. The first kappa shape index (κ1) is 13.9. The van der Waals surface area contributed by atoms with Crippen LogP contribution in [0.2, 0.25) is 0 Å². The van der Waals surface area contributed by atoms with Crippen LogP contribution >= 0.6 is 15.9 Å². The summed E-state index contributed by atoms with van der Waals surface area (Å²) in [6.45, 7) is 1.64. The average Bonchev–Trinajstić information content (AvgIpc) is 2.47. The van der Waals surface area contributed by atoms with Gasteiger partial charge in [-0.25, -0.2) is 10.1 Å². The molecule has 1 unspecified atom stereocenters. The normalized spacial score (nSPS) is 14.5. The van der Waals surface area contributed by atoms with Crippen molar-refractivity contribution in [2.45, 2.75) is 12.6 Å². The molecular formula is C14H13BrN2O2. The molecule has 19 heavy (non-hydrogen) atoms. The minimum absolute atomic E-state index is 0.683. The molecule has 0 radical (unpaired) electrons. The van der Waals surface area contributed by atoms with Gasteiger partial charge in [-0.1, -0.05) is 46.3 Å². The van der Waals surface area contributed by atoms with E-state index >= 15 is 0 Å². The summed E-state index contributed by atoms with van der Waals surface area (Å²) in [5.74, 6) is 0. The summed E-state index contributed by atoms with van der Waals surface area (Å²) in [5.41, 5.74) is 0.190. The van der Waals surface area contributed by atoms with Crippen molar-refractivity contribution >= 4 is 21.6 Å². The first-order chi connectivity index (χ1) is 9.14. The molecule has 1 N–H and O–H groups in total. The number of rotatable bonds is 4. The van der Waals surface area contributed by atoms with Gasteiger partial charge < -0.3 is 0 Å². The van der Waals surface area contributed by atoms with Crippen LogP contribution in [-0.2, 0) is 10.6 Å². The molecule has 2 aromatic rings. The molecule has 0 aliphatic heterocycles. The second-order valence-electron chi connectivity index (χ2n) is 4.12. The van der Waals surface area contributed by atoms with E-state index in [0.717, 1.165) is 10.0 Å². The zero-order valence-electron chi connectivity index (χ0n) is 10.3. The lowest BCUT2D eigenvalue weighted by atomic mass is 10.1. The van der Waals surface area contributed by atoms with Crippen LogP contribution in [0, 0.1) is 0 Å². The van der Waals surface area contributed by atoms with Gasteiger partial charge in [0.05, 0.1) is 5.69 Å². The molecule has 0 aliphatic carbocycles. The van der Waals surface area contributed by atoms with Gasteiger partial charge >= 0.3 is 0 Å². The highest BCUT2D eigenvalue weighted by Crippen LogP contribution is 2.28. The van der Waals surface area contributed by atoms with E-state index in [-0.39, 0.29) is 0 Å². The maximum Gasteiger partial charge on any atom is 0.234 e. The van der Waals surface area contributed by atoms with E-state index in [2.05, 4.69) is 31.0 Å². The summed E-state index contributed by atoms with van der Waals surface area (Å²) in [4.78, 5) is 4.50. The molecule has 2 aromatic carbocycles. The maximum atomic E-state index is 9.10. The number of hydrogen-bond acceptors (Lipinski definition) is 4. The lowest BCUT2D eigenvalue weighted by Gasteiger charge is -2.19. The standard InChI is InChI=1S/C14H13BrN2O2/c1-14(19-18,11-5-3-2-4-6-11)17-16-13-9-7-12(15)8-10-13/h2-10,18H,1H3. The molecule has 2 rings (SSSR count). The Hall–Kier alpha value is -1.56. The van der Waals surface area contributed by atoms with E-state index < -0.39 is 5.72 Å². The Morgan fingerprint density at radius 1 is 1.05 bits per heavy atom. The van der Waals surface area contributed by atoms with Gasteiger partial charge in [-0.3, -0.25) is 0 Å². The number of benzene rings is 2. The Balaban J connectivity index is 2.25. The molecule has 0 amide bonds. The smallest absolute Gasteiger partial charge is 0.234 e. The topological polar surface area (TPSA) is 54.2 Å². The molecule has 0 spiro atoms. The van der Waals surface area contributed by atoms with E-state index in [0.29, 0.717) is 5.69 Å². The molecule has 5 heteroatoms. The third kappa shape index (κ3) is 3.47. The SMILES string of the molecule is CC(N=Nc1ccc(Br)cc1)(OO)c1ccccc1. The molecule has 0 aliphatic rings. The van der Waals surface area contributed by atoms with Crippen LogP contribution in [0.4, 0.5) is 5.69 Å². The fraction of sp³-hybridized carbons (Fsp3) is 0.143. The molecule has 1 atom stereocenters. The van der Waals surface area contributed by atoms with Crippen LogP contribution in [0.1, 0.15) is 12.5 Å².